The van der Waals surface area contributed by atoms with Gasteiger partial charge in [-0.05, 0) is 43.9 Å². The number of benzene rings is 1. The van der Waals surface area contributed by atoms with Crippen LogP contribution in [0.1, 0.15) is 33.6 Å². The average Bonchev–Trinajstić information content (AvgIpc) is 2.45. The molecule has 0 bridgehead atoms. The van der Waals surface area contributed by atoms with Crippen LogP contribution in [0.4, 0.5) is 5.82 Å². The van der Waals surface area contributed by atoms with Gasteiger partial charge in [0.25, 0.3) is 0 Å². The molecule has 0 spiro atoms. The van der Waals surface area contributed by atoms with Crippen molar-refractivity contribution in [2.45, 2.75) is 39.2 Å². The topological polar surface area (TPSA) is 43.4 Å². The third kappa shape index (κ3) is 3.38. The van der Waals surface area contributed by atoms with Gasteiger partial charge >= 0.3 is 0 Å². The smallest absolute Gasteiger partial charge is 0.161 e. The largest absolute Gasteiger partial charge is 0.493 e. The first kappa shape index (κ1) is 15.4. The zero-order valence-corrected chi connectivity index (χ0v) is 13.5. The Kier molecular flexibility index (Phi) is 4.56. The number of anilines is 1. The van der Waals surface area contributed by atoms with Gasteiger partial charge in [-0.2, -0.15) is 0 Å². The van der Waals surface area contributed by atoms with Gasteiger partial charge in [0.05, 0.1) is 14.2 Å². The molecule has 0 amide bonds. The molecule has 0 aliphatic heterocycles. The van der Waals surface area contributed by atoms with Crippen LogP contribution < -0.4 is 14.8 Å². The van der Waals surface area contributed by atoms with Crippen molar-refractivity contribution in [2.24, 2.45) is 0 Å². The number of hydrogen-bond acceptors (Lipinski definition) is 4. The molecule has 0 saturated heterocycles. The average molecular weight is 288 g/mol. The summed E-state index contributed by atoms with van der Waals surface area (Å²) in [6.07, 6.45) is 4.03. The molecule has 1 N–H and O–H groups in total. The number of fused-ring (bicyclic) bond motifs is 1. The molecule has 114 valence electrons. The lowest BCUT2D eigenvalue weighted by atomic mass is 9.98. The van der Waals surface area contributed by atoms with Gasteiger partial charge in [0.1, 0.15) is 5.82 Å². The molecular formula is C17H24N2O2. The van der Waals surface area contributed by atoms with E-state index in [1.807, 2.05) is 24.4 Å². The van der Waals surface area contributed by atoms with Gasteiger partial charge in [-0.3, -0.25) is 0 Å². The predicted octanol–water partition coefficient (Wildman–Crippen LogP) is 4.24. The molecule has 0 unspecified atom stereocenters. The van der Waals surface area contributed by atoms with Crippen molar-refractivity contribution >= 4 is 16.6 Å². The van der Waals surface area contributed by atoms with E-state index in [2.05, 4.69) is 31.1 Å². The van der Waals surface area contributed by atoms with Crippen molar-refractivity contribution in [3.8, 4) is 11.5 Å². The highest BCUT2D eigenvalue weighted by molar-refractivity contribution is 5.94. The molecular weight excluding hydrogens is 264 g/mol. The lowest BCUT2D eigenvalue weighted by Crippen LogP contribution is -2.31. The van der Waals surface area contributed by atoms with Crippen molar-refractivity contribution < 1.29 is 9.47 Å². The van der Waals surface area contributed by atoms with E-state index in [-0.39, 0.29) is 5.54 Å². The molecule has 4 nitrogen and oxygen atoms in total. The van der Waals surface area contributed by atoms with Crippen LogP contribution in [-0.4, -0.2) is 24.7 Å². The van der Waals surface area contributed by atoms with Crippen LogP contribution in [0, 0.1) is 0 Å². The molecule has 1 aromatic carbocycles. The van der Waals surface area contributed by atoms with Crippen LogP contribution >= 0.6 is 0 Å². The van der Waals surface area contributed by atoms with Gasteiger partial charge in [0, 0.05) is 17.1 Å². The van der Waals surface area contributed by atoms with Crippen LogP contribution in [0.2, 0.25) is 0 Å². The fraction of sp³-hybridized carbons (Fsp3) is 0.471. The number of methoxy groups -OCH3 is 2. The Labute approximate surface area is 126 Å². The Morgan fingerprint density at radius 3 is 2.43 bits per heavy atom. The number of ether oxygens (including phenoxy) is 2. The molecule has 1 heterocycles. The van der Waals surface area contributed by atoms with Crippen molar-refractivity contribution in [1.82, 2.24) is 4.98 Å². The van der Waals surface area contributed by atoms with E-state index in [4.69, 9.17) is 9.47 Å². The first-order valence-electron chi connectivity index (χ1n) is 7.29. The van der Waals surface area contributed by atoms with Crippen molar-refractivity contribution in [1.29, 1.82) is 0 Å². The maximum absolute atomic E-state index is 5.40. The summed E-state index contributed by atoms with van der Waals surface area (Å²) in [5.41, 5.74) is 0.00317. The van der Waals surface area contributed by atoms with Crippen molar-refractivity contribution in [3.05, 3.63) is 24.4 Å². The summed E-state index contributed by atoms with van der Waals surface area (Å²) in [7, 11) is 3.29. The monoisotopic (exact) mass is 288 g/mol. The number of nitrogens with zero attached hydrogens (tertiary/aromatic N) is 1. The molecule has 4 heteroatoms. The summed E-state index contributed by atoms with van der Waals surface area (Å²) in [4.78, 5) is 4.50. The summed E-state index contributed by atoms with van der Waals surface area (Å²) in [6, 6.07) is 5.94. The standard InChI is InChI=1S/C17H24N2O2/c1-6-8-17(2,3)19-16-13-11-15(21-5)14(20-4)10-12(13)7-9-18-16/h7,9-11H,6,8H2,1-5H3,(H,18,19). The van der Waals surface area contributed by atoms with E-state index in [0.717, 1.165) is 35.2 Å². The van der Waals surface area contributed by atoms with Gasteiger partial charge in [-0.15, -0.1) is 0 Å². The Morgan fingerprint density at radius 2 is 1.81 bits per heavy atom. The van der Waals surface area contributed by atoms with Gasteiger partial charge in [-0.25, -0.2) is 4.98 Å². The molecule has 0 fully saturated rings. The molecule has 2 rings (SSSR count). The van der Waals surface area contributed by atoms with E-state index in [1.165, 1.54) is 0 Å². The zero-order chi connectivity index (χ0) is 15.5. The molecule has 0 aliphatic carbocycles. The number of rotatable bonds is 6. The first-order valence-corrected chi connectivity index (χ1v) is 7.29. The molecule has 2 aromatic rings. The van der Waals surface area contributed by atoms with Crippen LogP contribution in [0.25, 0.3) is 10.8 Å². The fourth-order valence-electron chi connectivity index (χ4n) is 2.61. The second-order valence-corrected chi connectivity index (χ2v) is 5.85. The number of aromatic nitrogens is 1. The van der Waals surface area contributed by atoms with Crippen LogP contribution in [0.5, 0.6) is 11.5 Å². The highest BCUT2D eigenvalue weighted by atomic mass is 16.5. The normalized spacial score (nSPS) is 11.5. The third-order valence-corrected chi connectivity index (χ3v) is 3.60. The van der Waals surface area contributed by atoms with Crippen LogP contribution in [-0.2, 0) is 0 Å². The molecule has 0 radical (unpaired) electrons. The minimum Gasteiger partial charge on any atom is -0.493 e. The van der Waals surface area contributed by atoms with Gasteiger partial charge < -0.3 is 14.8 Å². The number of pyridine rings is 1. The summed E-state index contributed by atoms with van der Waals surface area (Å²) < 4.78 is 10.8. The maximum Gasteiger partial charge on any atom is 0.161 e. The molecule has 1 aromatic heterocycles. The zero-order valence-electron chi connectivity index (χ0n) is 13.5. The SMILES string of the molecule is CCCC(C)(C)Nc1nccc2cc(OC)c(OC)cc12. The van der Waals surface area contributed by atoms with Gasteiger partial charge in [-0.1, -0.05) is 13.3 Å². The lowest BCUT2D eigenvalue weighted by Gasteiger charge is -2.27. The quantitative estimate of drug-likeness (QED) is 0.863. The van der Waals surface area contributed by atoms with E-state index in [9.17, 15) is 0 Å². The third-order valence-electron chi connectivity index (χ3n) is 3.60. The van der Waals surface area contributed by atoms with E-state index in [0.29, 0.717) is 5.75 Å². The maximum atomic E-state index is 5.40. The Morgan fingerprint density at radius 1 is 1.14 bits per heavy atom. The second kappa shape index (κ2) is 6.20. The Hall–Kier alpha value is -1.97. The van der Waals surface area contributed by atoms with E-state index < -0.39 is 0 Å². The Bertz CT molecular complexity index is 623. The molecule has 0 aliphatic rings. The summed E-state index contributed by atoms with van der Waals surface area (Å²) >= 11 is 0. The van der Waals surface area contributed by atoms with Gasteiger partial charge in [0.15, 0.2) is 11.5 Å². The van der Waals surface area contributed by atoms with Crippen molar-refractivity contribution in [2.75, 3.05) is 19.5 Å². The Balaban J connectivity index is 2.50. The van der Waals surface area contributed by atoms with Gasteiger partial charge in [0.2, 0.25) is 0 Å². The number of hydrogen-bond donors (Lipinski definition) is 1. The highest BCUT2D eigenvalue weighted by Gasteiger charge is 2.18. The minimum absolute atomic E-state index is 0.00317. The lowest BCUT2D eigenvalue weighted by molar-refractivity contribution is 0.356. The van der Waals surface area contributed by atoms with Crippen molar-refractivity contribution in [3.63, 3.8) is 0 Å². The second-order valence-electron chi connectivity index (χ2n) is 5.85. The first-order chi connectivity index (χ1) is 10.0. The summed E-state index contributed by atoms with van der Waals surface area (Å²) in [6.45, 7) is 6.57. The van der Waals surface area contributed by atoms with E-state index in [1.54, 1.807) is 14.2 Å². The highest BCUT2D eigenvalue weighted by Crippen LogP contribution is 2.35. The van der Waals surface area contributed by atoms with Crippen LogP contribution in [0.15, 0.2) is 24.4 Å². The molecule has 0 atom stereocenters. The summed E-state index contributed by atoms with van der Waals surface area (Å²) in [5, 5.41) is 5.67. The molecule has 21 heavy (non-hydrogen) atoms. The van der Waals surface area contributed by atoms with Crippen LogP contribution in [0.3, 0.4) is 0 Å². The fourth-order valence-corrected chi connectivity index (χ4v) is 2.61. The summed E-state index contributed by atoms with van der Waals surface area (Å²) in [5.74, 6) is 2.33. The van der Waals surface area contributed by atoms with E-state index >= 15 is 0 Å². The minimum atomic E-state index is 0.00317. The number of nitrogens with one attached hydrogen (secondary N) is 1. The molecule has 0 saturated carbocycles. The predicted molar refractivity (Wildman–Crippen MR) is 87.5 cm³/mol.